The van der Waals surface area contributed by atoms with Crippen LogP contribution in [0.4, 0.5) is 0 Å². The molecule has 1 fully saturated rings. The summed E-state index contributed by atoms with van der Waals surface area (Å²) in [5.41, 5.74) is 0. The van der Waals surface area contributed by atoms with Gasteiger partial charge in [0.25, 0.3) is 20.2 Å². The smallest absolute Gasteiger partial charge is 0.247 e. The van der Waals surface area contributed by atoms with E-state index >= 15 is 0 Å². The zero-order valence-electron chi connectivity index (χ0n) is 6.92. The molecule has 2 radical (unpaired) electrons. The quantitative estimate of drug-likeness (QED) is 0.384. The molecule has 0 N–H and O–H groups in total. The van der Waals surface area contributed by atoms with Gasteiger partial charge in [-0.3, -0.25) is 0 Å². The third-order valence-electron chi connectivity index (χ3n) is 1.65. The largest absolute Gasteiger partial charge is 0.291 e. The number of rotatable bonds is 0. The van der Waals surface area contributed by atoms with Crippen LogP contribution in [0.3, 0.4) is 0 Å². The Labute approximate surface area is 77.9 Å². The second-order valence-corrected chi connectivity index (χ2v) is 7.37. The molecule has 74 valence electrons. The normalized spacial score (nSPS) is 31.2. The summed E-state index contributed by atoms with van der Waals surface area (Å²) in [6, 6.07) is 0. The summed E-state index contributed by atoms with van der Waals surface area (Å²) >= 11 is 0. The Morgan fingerprint density at radius 3 is 1.69 bits per heavy atom. The van der Waals surface area contributed by atoms with Gasteiger partial charge in [0.2, 0.25) is 4.08 Å². The van der Waals surface area contributed by atoms with Gasteiger partial charge in [-0.25, -0.2) is 8.37 Å². The van der Waals surface area contributed by atoms with E-state index in [0.29, 0.717) is 0 Å². The van der Waals surface area contributed by atoms with Crippen molar-refractivity contribution in [2.75, 3.05) is 0 Å². The van der Waals surface area contributed by atoms with E-state index in [2.05, 4.69) is 8.37 Å². The van der Waals surface area contributed by atoms with Gasteiger partial charge in [-0.1, -0.05) is 0 Å². The first-order valence-electron chi connectivity index (χ1n) is 3.21. The third kappa shape index (κ3) is 1.49. The standard InChI is InChI=1S/C4H7BO6S2/c1-4(2)12(6,7)10-3(5)11-13(4,8)9/h3H,1-2H3. The summed E-state index contributed by atoms with van der Waals surface area (Å²) in [5, 5.41) is 0. The maximum absolute atomic E-state index is 11.2. The molecule has 0 amide bonds. The fourth-order valence-corrected chi connectivity index (χ4v) is 2.95. The molecule has 0 aliphatic carbocycles. The van der Waals surface area contributed by atoms with Gasteiger partial charge in [-0.15, -0.1) is 0 Å². The van der Waals surface area contributed by atoms with Crippen molar-refractivity contribution in [3.05, 3.63) is 0 Å². The molecule has 1 aliphatic rings. The van der Waals surface area contributed by atoms with Gasteiger partial charge in [-0.2, -0.15) is 16.8 Å². The summed E-state index contributed by atoms with van der Waals surface area (Å²) in [6.07, 6.45) is -1.79. The SMILES string of the molecule is [B]C1OS(=O)(=O)C(C)(C)S(=O)(=O)O1. The molecule has 0 bridgehead atoms. The van der Waals surface area contributed by atoms with Gasteiger partial charge < -0.3 is 0 Å². The summed E-state index contributed by atoms with van der Waals surface area (Å²) < 4.78 is 50.9. The molecule has 0 saturated carbocycles. The van der Waals surface area contributed by atoms with Gasteiger partial charge >= 0.3 is 0 Å². The van der Waals surface area contributed by atoms with Gasteiger partial charge in [0.15, 0.2) is 7.85 Å². The monoisotopic (exact) mass is 226 g/mol. The average molecular weight is 226 g/mol. The van der Waals surface area contributed by atoms with Crippen LogP contribution in [-0.2, 0) is 28.6 Å². The minimum absolute atomic E-state index is 0.962. The van der Waals surface area contributed by atoms with E-state index in [1.807, 2.05) is 0 Å². The van der Waals surface area contributed by atoms with Crippen molar-refractivity contribution in [3.8, 4) is 0 Å². The first-order chi connectivity index (χ1) is 5.60. The highest BCUT2D eigenvalue weighted by Gasteiger charge is 2.54. The van der Waals surface area contributed by atoms with Gasteiger partial charge in [0, 0.05) is 0 Å². The predicted molar refractivity (Wildman–Crippen MR) is 43.6 cm³/mol. The highest BCUT2D eigenvalue weighted by atomic mass is 32.3. The van der Waals surface area contributed by atoms with E-state index in [0.717, 1.165) is 13.8 Å². The van der Waals surface area contributed by atoms with Crippen molar-refractivity contribution in [3.63, 3.8) is 0 Å². The van der Waals surface area contributed by atoms with Gasteiger partial charge in [0.1, 0.15) is 6.19 Å². The zero-order chi connectivity index (χ0) is 10.5. The maximum Gasteiger partial charge on any atom is 0.291 e. The minimum atomic E-state index is -4.26. The van der Waals surface area contributed by atoms with Crippen molar-refractivity contribution < 1.29 is 25.2 Å². The van der Waals surface area contributed by atoms with Crippen LogP contribution in [0.2, 0.25) is 0 Å². The van der Waals surface area contributed by atoms with E-state index in [-0.39, 0.29) is 0 Å². The zero-order valence-corrected chi connectivity index (χ0v) is 8.55. The van der Waals surface area contributed by atoms with Crippen molar-refractivity contribution in [2.24, 2.45) is 0 Å². The molecule has 6 nitrogen and oxygen atoms in total. The fourth-order valence-electron chi connectivity index (χ4n) is 0.622. The Kier molecular flexibility index (Phi) is 2.27. The van der Waals surface area contributed by atoms with Crippen molar-refractivity contribution in [1.29, 1.82) is 0 Å². The molecule has 1 rings (SSSR count). The third-order valence-corrected chi connectivity index (χ3v) is 6.17. The minimum Gasteiger partial charge on any atom is -0.247 e. The Balaban J connectivity index is 3.37. The highest BCUT2D eigenvalue weighted by Crippen LogP contribution is 2.32. The second kappa shape index (κ2) is 2.69. The second-order valence-electron chi connectivity index (χ2n) is 2.87. The van der Waals surface area contributed by atoms with Crippen molar-refractivity contribution in [1.82, 2.24) is 0 Å². The Morgan fingerprint density at radius 1 is 1.08 bits per heavy atom. The lowest BCUT2D eigenvalue weighted by Crippen LogP contribution is -2.50. The Bertz CT molecular complexity index is 368. The van der Waals surface area contributed by atoms with E-state index < -0.39 is 30.5 Å². The van der Waals surface area contributed by atoms with Crippen LogP contribution in [0.25, 0.3) is 0 Å². The maximum atomic E-state index is 11.2. The lowest BCUT2D eigenvalue weighted by Gasteiger charge is -2.31. The van der Waals surface area contributed by atoms with E-state index in [9.17, 15) is 16.8 Å². The lowest BCUT2D eigenvalue weighted by atomic mass is 10.2. The highest BCUT2D eigenvalue weighted by molar-refractivity contribution is 8.06. The molecule has 1 saturated heterocycles. The summed E-state index contributed by atoms with van der Waals surface area (Å²) in [7, 11) is -3.61. The van der Waals surface area contributed by atoms with Crippen LogP contribution < -0.4 is 0 Å². The molecular weight excluding hydrogens is 219 g/mol. The topological polar surface area (TPSA) is 86.7 Å². The molecule has 1 heterocycles. The molecule has 0 unspecified atom stereocenters. The lowest BCUT2D eigenvalue weighted by molar-refractivity contribution is 0.0728. The molecule has 0 spiro atoms. The molecule has 0 atom stereocenters. The van der Waals surface area contributed by atoms with Crippen LogP contribution in [0.5, 0.6) is 0 Å². The molecule has 13 heavy (non-hydrogen) atoms. The fraction of sp³-hybridized carbons (Fsp3) is 1.00. The Hall–Kier alpha value is -0.115. The number of hydrogen-bond donors (Lipinski definition) is 0. The molecule has 1 aliphatic heterocycles. The predicted octanol–water partition coefficient (Wildman–Crippen LogP) is -1.12. The number of hydrogen-bond acceptors (Lipinski definition) is 6. The molecule has 0 aromatic rings. The summed E-state index contributed by atoms with van der Waals surface area (Å²) in [6.45, 7) is 1.92. The van der Waals surface area contributed by atoms with Crippen molar-refractivity contribution in [2.45, 2.75) is 24.1 Å². The first kappa shape index (κ1) is 11.0. The average Bonchev–Trinajstić information content (AvgIpc) is 1.80. The van der Waals surface area contributed by atoms with Gasteiger partial charge in [0.05, 0.1) is 0 Å². The van der Waals surface area contributed by atoms with E-state index in [1.54, 1.807) is 0 Å². The van der Waals surface area contributed by atoms with Crippen LogP contribution in [0.15, 0.2) is 0 Å². The van der Waals surface area contributed by atoms with E-state index in [4.69, 9.17) is 7.85 Å². The van der Waals surface area contributed by atoms with Gasteiger partial charge in [-0.05, 0) is 13.8 Å². The van der Waals surface area contributed by atoms with Crippen LogP contribution in [0, 0.1) is 0 Å². The van der Waals surface area contributed by atoms with Crippen LogP contribution in [0.1, 0.15) is 13.8 Å². The molecule has 9 heteroatoms. The van der Waals surface area contributed by atoms with E-state index in [1.165, 1.54) is 0 Å². The molecule has 0 aromatic carbocycles. The molecule has 0 aromatic heterocycles. The van der Waals surface area contributed by atoms with Crippen LogP contribution >= 0.6 is 0 Å². The summed E-state index contributed by atoms with van der Waals surface area (Å²) in [4.78, 5) is 0. The first-order valence-corrected chi connectivity index (χ1v) is 6.03. The van der Waals surface area contributed by atoms with Crippen molar-refractivity contribution >= 4 is 28.1 Å². The molecular formula is C4H7BO6S2. The Morgan fingerprint density at radius 2 is 1.38 bits per heavy atom. The summed E-state index contributed by atoms with van der Waals surface area (Å²) in [5.74, 6) is 0. The van der Waals surface area contributed by atoms with Crippen LogP contribution in [-0.4, -0.2) is 35.0 Å².